The Labute approximate surface area is 178 Å². The molecule has 0 saturated carbocycles. The second-order valence-electron chi connectivity index (χ2n) is 7.72. The van der Waals surface area contributed by atoms with Crippen molar-refractivity contribution in [1.29, 1.82) is 0 Å². The van der Waals surface area contributed by atoms with E-state index < -0.39 is 0 Å². The van der Waals surface area contributed by atoms with Crippen molar-refractivity contribution >= 4 is 39.0 Å². The van der Waals surface area contributed by atoms with E-state index in [0.717, 1.165) is 59.2 Å². The molecule has 1 atom stereocenters. The average molecular weight is 425 g/mol. The summed E-state index contributed by atoms with van der Waals surface area (Å²) in [6.07, 6.45) is 2.55. The lowest BCUT2D eigenvalue weighted by atomic mass is 10.0. The number of aromatic nitrogens is 2. The van der Waals surface area contributed by atoms with Gasteiger partial charge in [0, 0.05) is 61.5 Å². The molecule has 5 rings (SSSR count). The number of amides is 1. The van der Waals surface area contributed by atoms with Crippen molar-refractivity contribution < 1.29 is 9.53 Å². The SMILES string of the molecule is Cc1ccc2c(N)c(C(=O)N[C@H]3COc4cc(N5CCNCC5)ncc4C3)sc2n1. The molecule has 156 valence electrons. The fourth-order valence-corrected chi connectivity index (χ4v) is 4.97. The van der Waals surface area contributed by atoms with Gasteiger partial charge in [-0.25, -0.2) is 9.97 Å². The van der Waals surface area contributed by atoms with Crippen LogP contribution in [0.2, 0.25) is 0 Å². The highest BCUT2D eigenvalue weighted by atomic mass is 32.1. The van der Waals surface area contributed by atoms with Crippen LogP contribution in [0.15, 0.2) is 24.4 Å². The molecule has 8 nitrogen and oxygen atoms in total. The van der Waals surface area contributed by atoms with Crippen LogP contribution in [-0.4, -0.2) is 54.7 Å². The van der Waals surface area contributed by atoms with Crippen molar-refractivity contribution in [2.75, 3.05) is 43.4 Å². The molecule has 1 fully saturated rings. The lowest BCUT2D eigenvalue weighted by Gasteiger charge is -2.30. The summed E-state index contributed by atoms with van der Waals surface area (Å²) in [7, 11) is 0. The number of carbonyl (C=O) groups is 1. The minimum absolute atomic E-state index is 0.129. The van der Waals surface area contributed by atoms with Crippen LogP contribution in [0.5, 0.6) is 5.75 Å². The molecule has 0 aromatic carbocycles. The maximum atomic E-state index is 12.9. The highest BCUT2D eigenvalue weighted by Gasteiger charge is 2.26. The van der Waals surface area contributed by atoms with E-state index in [1.807, 2.05) is 31.3 Å². The standard InChI is InChI=1S/C21H24N6O2S/c1-12-2-3-15-18(22)19(30-21(15)25-12)20(28)26-14-8-13-10-24-17(9-16(13)29-11-14)27-6-4-23-5-7-27/h2-3,9-10,14,23H,4-8,11,22H2,1H3,(H,26,28)/t14-/m1/s1. The zero-order valence-electron chi connectivity index (χ0n) is 16.8. The van der Waals surface area contributed by atoms with Gasteiger partial charge in [0.2, 0.25) is 0 Å². The molecule has 1 amide bonds. The monoisotopic (exact) mass is 424 g/mol. The van der Waals surface area contributed by atoms with E-state index in [-0.39, 0.29) is 11.9 Å². The van der Waals surface area contributed by atoms with Gasteiger partial charge in [0.15, 0.2) is 0 Å². The van der Waals surface area contributed by atoms with Crippen LogP contribution >= 0.6 is 11.3 Å². The highest BCUT2D eigenvalue weighted by molar-refractivity contribution is 7.21. The van der Waals surface area contributed by atoms with E-state index in [9.17, 15) is 4.79 Å². The molecule has 5 heterocycles. The molecule has 0 bridgehead atoms. The first-order valence-corrected chi connectivity index (χ1v) is 10.9. The van der Waals surface area contributed by atoms with Gasteiger partial charge in [0.05, 0.1) is 11.7 Å². The summed E-state index contributed by atoms with van der Waals surface area (Å²) < 4.78 is 5.97. The van der Waals surface area contributed by atoms with Gasteiger partial charge in [-0.15, -0.1) is 11.3 Å². The van der Waals surface area contributed by atoms with Crippen molar-refractivity contribution in [3.8, 4) is 5.75 Å². The predicted octanol–water partition coefficient (Wildman–Crippen LogP) is 1.73. The fourth-order valence-electron chi connectivity index (χ4n) is 3.93. The Balaban J connectivity index is 1.29. The summed E-state index contributed by atoms with van der Waals surface area (Å²) in [5.41, 5.74) is 8.61. The molecule has 3 aromatic heterocycles. The Morgan fingerprint density at radius 1 is 1.37 bits per heavy atom. The van der Waals surface area contributed by atoms with Crippen LogP contribution < -0.4 is 26.0 Å². The van der Waals surface area contributed by atoms with Gasteiger partial charge in [0.25, 0.3) is 5.91 Å². The zero-order chi connectivity index (χ0) is 20.7. The Hall–Kier alpha value is -2.91. The first-order valence-electron chi connectivity index (χ1n) is 10.1. The van der Waals surface area contributed by atoms with Crippen LogP contribution in [0.4, 0.5) is 11.5 Å². The summed E-state index contributed by atoms with van der Waals surface area (Å²) in [4.78, 5) is 25.5. The number of nitrogens with two attached hydrogens (primary N) is 1. The number of carbonyl (C=O) groups excluding carboxylic acids is 1. The summed E-state index contributed by atoms with van der Waals surface area (Å²) >= 11 is 1.33. The number of rotatable bonds is 3. The molecule has 30 heavy (non-hydrogen) atoms. The minimum atomic E-state index is -0.185. The number of pyridine rings is 2. The van der Waals surface area contributed by atoms with Crippen LogP contribution in [0.25, 0.3) is 10.2 Å². The van der Waals surface area contributed by atoms with Crippen molar-refractivity contribution in [1.82, 2.24) is 20.6 Å². The summed E-state index contributed by atoms with van der Waals surface area (Å²) in [5, 5.41) is 7.23. The Morgan fingerprint density at radius 2 is 2.20 bits per heavy atom. The van der Waals surface area contributed by atoms with E-state index in [4.69, 9.17) is 10.5 Å². The number of nitrogens with one attached hydrogen (secondary N) is 2. The number of ether oxygens (including phenoxy) is 1. The molecule has 0 radical (unpaired) electrons. The summed E-state index contributed by atoms with van der Waals surface area (Å²) in [6.45, 7) is 6.15. The first-order chi connectivity index (χ1) is 14.6. The van der Waals surface area contributed by atoms with Crippen LogP contribution in [0, 0.1) is 6.92 Å². The second kappa shape index (κ2) is 7.73. The Bertz CT molecular complexity index is 1110. The molecular formula is C21H24N6O2S. The molecule has 2 aliphatic heterocycles. The molecule has 2 aliphatic rings. The fraction of sp³-hybridized carbons (Fsp3) is 0.381. The quantitative estimate of drug-likeness (QED) is 0.588. The predicted molar refractivity (Wildman–Crippen MR) is 119 cm³/mol. The van der Waals surface area contributed by atoms with E-state index in [2.05, 4.69) is 25.5 Å². The summed E-state index contributed by atoms with van der Waals surface area (Å²) in [5.74, 6) is 1.61. The van der Waals surface area contributed by atoms with Crippen molar-refractivity contribution in [3.63, 3.8) is 0 Å². The number of anilines is 2. The molecule has 9 heteroatoms. The van der Waals surface area contributed by atoms with Gasteiger partial charge in [-0.1, -0.05) is 0 Å². The molecular weight excluding hydrogens is 400 g/mol. The van der Waals surface area contributed by atoms with Gasteiger partial charge in [-0.05, 0) is 19.1 Å². The topological polar surface area (TPSA) is 105 Å². The number of thiophene rings is 1. The van der Waals surface area contributed by atoms with E-state index in [1.54, 1.807) is 0 Å². The maximum Gasteiger partial charge on any atom is 0.263 e. The molecule has 0 aliphatic carbocycles. The smallest absolute Gasteiger partial charge is 0.263 e. The van der Waals surface area contributed by atoms with Crippen LogP contribution in [0.1, 0.15) is 20.9 Å². The third kappa shape index (κ3) is 3.54. The first kappa shape index (κ1) is 19.1. The number of hydrogen-bond donors (Lipinski definition) is 3. The van der Waals surface area contributed by atoms with E-state index in [0.29, 0.717) is 23.6 Å². The van der Waals surface area contributed by atoms with Crippen molar-refractivity contribution in [2.45, 2.75) is 19.4 Å². The Kier molecular flexibility index (Phi) is 4.92. The largest absolute Gasteiger partial charge is 0.491 e. The average Bonchev–Trinajstić information content (AvgIpc) is 3.09. The van der Waals surface area contributed by atoms with Gasteiger partial charge in [0.1, 0.15) is 27.9 Å². The normalized spacial score (nSPS) is 18.7. The van der Waals surface area contributed by atoms with Crippen LogP contribution in [-0.2, 0) is 6.42 Å². The number of aryl methyl sites for hydroxylation is 1. The molecule has 1 saturated heterocycles. The van der Waals surface area contributed by atoms with Crippen molar-refractivity contribution in [2.24, 2.45) is 0 Å². The van der Waals surface area contributed by atoms with Crippen molar-refractivity contribution in [3.05, 3.63) is 40.5 Å². The van der Waals surface area contributed by atoms with Crippen LogP contribution in [0.3, 0.4) is 0 Å². The maximum absolute atomic E-state index is 12.9. The summed E-state index contributed by atoms with van der Waals surface area (Å²) in [6, 6.07) is 5.70. The van der Waals surface area contributed by atoms with Gasteiger partial charge in [-0.3, -0.25) is 4.79 Å². The molecule has 0 spiro atoms. The molecule has 0 unspecified atom stereocenters. The Morgan fingerprint density at radius 3 is 3.03 bits per heavy atom. The highest BCUT2D eigenvalue weighted by Crippen LogP contribution is 2.33. The van der Waals surface area contributed by atoms with Gasteiger partial charge in [-0.2, -0.15) is 0 Å². The number of piperazine rings is 1. The van der Waals surface area contributed by atoms with Gasteiger partial charge < -0.3 is 26.0 Å². The molecule has 4 N–H and O–H groups in total. The lowest BCUT2D eigenvalue weighted by Crippen LogP contribution is -2.44. The number of nitrogens with zero attached hydrogens (tertiary/aromatic N) is 3. The number of hydrogen-bond acceptors (Lipinski definition) is 8. The zero-order valence-corrected chi connectivity index (χ0v) is 17.6. The third-order valence-electron chi connectivity index (χ3n) is 5.55. The number of nitrogen functional groups attached to an aromatic ring is 1. The third-order valence-corrected chi connectivity index (χ3v) is 6.67. The number of fused-ring (bicyclic) bond motifs is 2. The van der Waals surface area contributed by atoms with E-state index in [1.165, 1.54) is 11.3 Å². The van der Waals surface area contributed by atoms with E-state index >= 15 is 0 Å². The molecule has 3 aromatic rings. The second-order valence-corrected chi connectivity index (χ2v) is 8.72. The lowest BCUT2D eigenvalue weighted by molar-refractivity contribution is 0.0920. The minimum Gasteiger partial charge on any atom is -0.491 e. The van der Waals surface area contributed by atoms with Gasteiger partial charge >= 0.3 is 0 Å².